The minimum atomic E-state index is -1.10. The van der Waals surface area contributed by atoms with E-state index in [2.05, 4.69) is 5.32 Å². The zero-order chi connectivity index (χ0) is 14.6. The highest BCUT2D eigenvalue weighted by atomic mass is 16.4. The molecule has 3 N–H and O–H groups in total. The lowest BCUT2D eigenvalue weighted by atomic mass is 9.74. The summed E-state index contributed by atoms with van der Waals surface area (Å²) < 4.78 is 0. The van der Waals surface area contributed by atoms with Crippen LogP contribution in [-0.2, 0) is 4.79 Å². The maximum Gasteiger partial charge on any atom is 0.317 e. The van der Waals surface area contributed by atoms with E-state index < -0.39 is 16.9 Å². The van der Waals surface area contributed by atoms with Gasteiger partial charge in [-0.05, 0) is 34.6 Å². The van der Waals surface area contributed by atoms with Gasteiger partial charge in [-0.15, -0.1) is 0 Å². The first-order valence-corrected chi connectivity index (χ1v) is 6.01. The lowest BCUT2D eigenvalue weighted by molar-refractivity contribution is -0.150. The van der Waals surface area contributed by atoms with Gasteiger partial charge in [-0.25, -0.2) is 4.79 Å². The predicted molar refractivity (Wildman–Crippen MR) is 68.4 cm³/mol. The standard InChI is InChI=1S/C12H24N2O4/c1-6-14(7-8-15)10(18)13-12(4,5)11(2,3)9(16)17/h15H,6-8H2,1-5H3,(H,13,18)(H,16,17). The highest BCUT2D eigenvalue weighted by molar-refractivity contribution is 5.79. The summed E-state index contributed by atoms with van der Waals surface area (Å²) in [6, 6.07) is -0.370. The zero-order valence-corrected chi connectivity index (χ0v) is 11.8. The Hall–Kier alpha value is -1.30. The van der Waals surface area contributed by atoms with Crippen molar-refractivity contribution in [1.29, 1.82) is 0 Å². The summed E-state index contributed by atoms with van der Waals surface area (Å²) in [6.07, 6.45) is 0. The molecule has 0 bridgehead atoms. The number of carboxylic acid groups (broad SMARTS) is 1. The number of amides is 2. The molecule has 6 heteroatoms. The first-order chi connectivity index (χ1) is 8.10. The van der Waals surface area contributed by atoms with Crippen LogP contribution in [0.15, 0.2) is 0 Å². The zero-order valence-electron chi connectivity index (χ0n) is 11.8. The SMILES string of the molecule is CCN(CCO)C(=O)NC(C)(C)C(C)(C)C(=O)O. The molecule has 0 heterocycles. The molecule has 0 rings (SSSR count). The molecule has 106 valence electrons. The molecule has 0 unspecified atom stereocenters. The van der Waals surface area contributed by atoms with Crippen molar-refractivity contribution < 1.29 is 19.8 Å². The van der Waals surface area contributed by atoms with Crippen molar-refractivity contribution in [2.45, 2.75) is 40.2 Å². The van der Waals surface area contributed by atoms with Crippen LogP contribution in [0, 0.1) is 5.41 Å². The molecular weight excluding hydrogens is 236 g/mol. The van der Waals surface area contributed by atoms with Crippen molar-refractivity contribution >= 4 is 12.0 Å². The Labute approximate surface area is 108 Å². The topological polar surface area (TPSA) is 89.9 Å². The summed E-state index contributed by atoms with van der Waals surface area (Å²) in [5, 5.41) is 20.7. The number of carbonyl (C=O) groups excluding carboxylic acids is 1. The number of carbonyl (C=O) groups is 2. The van der Waals surface area contributed by atoms with E-state index in [9.17, 15) is 14.7 Å². The van der Waals surface area contributed by atoms with Crippen LogP contribution in [0.25, 0.3) is 0 Å². The monoisotopic (exact) mass is 260 g/mol. The van der Waals surface area contributed by atoms with Crippen LogP contribution in [0.1, 0.15) is 34.6 Å². The van der Waals surface area contributed by atoms with E-state index in [1.165, 1.54) is 4.90 Å². The fraction of sp³-hybridized carbons (Fsp3) is 0.833. The van der Waals surface area contributed by atoms with Crippen LogP contribution in [0.5, 0.6) is 0 Å². The minimum absolute atomic E-state index is 0.121. The Morgan fingerprint density at radius 3 is 2.06 bits per heavy atom. The second-order valence-electron chi connectivity index (χ2n) is 5.29. The number of nitrogens with zero attached hydrogens (tertiary/aromatic N) is 1. The Balaban J connectivity index is 4.86. The second kappa shape index (κ2) is 6.04. The van der Waals surface area contributed by atoms with Crippen LogP contribution in [0.4, 0.5) is 4.79 Å². The number of hydrogen-bond donors (Lipinski definition) is 3. The van der Waals surface area contributed by atoms with Gasteiger partial charge in [0.25, 0.3) is 0 Å². The molecular formula is C12H24N2O4. The summed E-state index contributed by atoms with van der Waals surface area (Å²) in [5.41, 5.74) is -2.00. The molecule has 0 aromatic rings. The van der Waals surface area contributed by atoms with Crippen molar-refractivity contribution in [3.63, 3.8) is 0 Å². The minimum Gasteiger partial charge on any atom is -0.481 e. The van der Waals surface area contributed by atoms with E-state index in [-0.39, 0.29) is 19.2 Å². The van der Waals surface area contributed by atoms with Gasteiger partial charge in [0.1, 0.15) is 0 Å². The number of carboxylic acids is 1. The molecule has 0 aromatic heterocycles. The van der Waals surface area contributed by atoms with Gasteiger partial charge in [0.05, 0.1) is 17.6 Å². The van der Waals surface area contributed by atoms with Crippen molar-refractivity contribution in [3.8, 4) is 0 Å². The number of urea groups is 1. The molecule has 0 radical (unpaired) electrons. The average molecular weight is 260 g/mol. The lowest BCUT2D eigenvalue weighted by Gasteiger charge is -2.40. The third-order valence-corrected chi connectivity index (χ3v) is 3.56. The van der Waals surface area contributed by atoms with E-state index in [1.54, 1.807) is 34.6 Å². The van der Waals surface area contributed by atoms with Crippen LogP contribution < -0.4 is 5.32 Å². The highest BCUT2D eigenvalue weighted by Crippen LogP contribution is 2.30. The molecule has 0 saturated carbocycles. The molecule has 2 amide bonds. The van der Waals surface area contributed by atoms with Gasteiger partial charge in [-0.1, -0.05) is 0 Å². The van der Waals surface area contributed by atoms with Gasteiger partial charge in [0, 0.05) is 13.1 Å². The molecule has 0 aliphatic carbocycles. The molecule has 0 aromatic carbocycles. The van der Waals surface area contributed by atoms with Gasteiger partial charge < -0.3 is 20.4 Å². The number of likely N-dealkylation sites (N-methyl/N-ethyl adjacent to an activating group) is 1. The predicted octanol–water partition coefficient (Wildman–Crippen LogP) is 0.900. The fourth-order valence-corrected chi connectivity index (χ4v) is 1.29. The van der Waals surface area contributed by atoms with E-state index in [0.29, 0.717) is 6.54 Å². The maximum absolute atomic E-state index is 12.0. The van der Waals surface area contributed by atoms with Crippen molar-refractivity contribution in [2.75, 3.05) is 19.7 Å². The Morgan fingerprint density at radius 2 is 1.72 bits per heavy atom. The lowest BCUT2D eigenvalue weighted by Crippen LogP contribution is -2.59. The number of rotatable bonds is 6. The fourth-order valence-electron chi connectivity index (χ4n) is 1.29. The highest BCUT2D eigenvalue weighted by Gasteiger charge is 2.44. The Morgan fingerprint density at radius 1 is 1.22 bits per heavy atom. The second-order valence-corrected chi connectivity index (χ2v) is 5.29. The van der Waals surface area contributed by atoms with Crippen molar-refractivity contribution in [3.05, 3.63) is 0 Å². The first kappa shape index (κ1) is 16.7. The van der Waals surface area contributed by atoms with E-state index in [4.69, 9.17) is 5.11 Å². The third-order valence-electron chi connectivity index (χ3n) is 3.56. The first-order valence-electron chi connectivity index (χ1n) is 6.01. The van der Waals surface area contributed by atoms with Gasteiger partial charge >= 0.3 is 12.0 Å². The van der Waals surface area contributed by atoms with Crippen molar-refractivity contribution in [1.82, 2.24) is 10.2 Å². The van der Waals surface area contributed by atoms with Gasteiger partial charge in [-0.3, -0.25) is 4.79 Å². The number of aliphatic carboxylic acids is 1. The van der Waals surface area contributed by atoms with E-state index in [0.717, 1.165) is 0 Å². The number of hydrogen-bond acceptors (Lipinski definition) is 3. The summed E-state index contributed by atoms with van der Waals surface area (Å²) >= 11 is 0. The molecule has 0 aliphatic heterocycles. The maximum atomic E-state index is 12.0. The molecule has 0 fully saturated rings. The van der Waals surface area contributed by atoms with E-state index >= 15 is 0 Å². The average Bonchev–Trinajstić information content (AvgIpc) is 2.24. The smallest absolute Gasteiger partial charge is 0.317 e. The molecule has 0 spiro atoms. The Kier molecular flexibility index (Phi) is 5.60. The number of aliphatic hydroxyl groups is 1. The summed E-state index contributed by atoms with van der Waals surface area (Å²) in [5.74, 6) is -0.974. The van der Waals surface area contributed by atoms with Crippen LogP contribution in [0.3, 0.4) is 0 Å². The number of nitrogens with one attached hydrogen (secondary N) is 1. The van der Waals surface area contributed by atoms with Crippen LogP contribution >= 0.6 is 0 Å². The van der Waals surface area contributed by atoms with Gasteiger partial charge in [-0.2, -0.15) is 0 Å². The molecule has 0 saturated heterocycles. The normalized spacial score (nSPS) is 12.1. The summed E-state index contributed by atoms with van der Waals surface area (Å²) in [7, 11) is 0. The molecule has 0 aliphatic rings. The van der Waals surface area contributed by atoms with Crippen LogP contribution in [0.2, 0.25) is 0 Å². The largest absolute Gasteiger partial charge is 0.481 e. The van der Waals surface area contributed by atoms with Crippen molar-refractivity contribution in [2.24, 2.45) is 5.41 Å². The van der Waals surface area contributed by atoms with Gasteiger partial charge in [0.15, 0.2) is 0 Å². The van der Waals surface area contributed by atoms with Crippen LogP contribution in [-0.4, -0.2) is 52.3 Å². The van der Waals surface area contributed by atoms with Gasteiger partial charge in [0.2, 0.25) is 0 Å². The quantitative estimate of drug-likeness (QED) is 0.662. The summed E-state index contributed by atoms with van der Waals surface area (Å²) in [4.78, 5) is 24.6. The Bertz CT molecular complexity index is 313. The third kappa shape index (κ3) is 3.60. The molecule has 18 heavy (non-hydrogen) atoms. The molecule has 0 atom stereocenters. The van der Waals surface area contributed by atoms with E-state index in [1.807, 2.05) is 0 Å². The number of aliphatic hydroxyl groups excluding tert-OH is 1. The summed E-state index contributed by atoms with van der Waals surface area (Å²) in [6.45, 7) is 8.84. The molecule has 6 nitrogen and oxygen atoms in total.